The summed E-state index contributed by atoms with van der Waals surface area (Å²) in [5, 5.41) is 9.13. The van der Waals surface area contributed by atoms with Gasteiger partial charge in [0.15, 0.2) is 0 Å². The number of nitriles is 1. The quantitative estimate of drug-likeness (QED) is 0.833. The molecule has 2 rings (SSSR count). The van der Waals surface area contributed by atoms with Crippen molar-refractivity contribution in [1.82, 2.24) is 0 Å². The Morgan fingerprint density at radius 1 is 1.16 bits per heavy atom. The van der Waals surface area contributed by atoms with Gasteiger partial charge in [-0.15, -0.1) is 0 Å². The maximum atomic E-state index is 9.13. The molecule has 3 nitrogen and oxygen atoms in total. The molecule has 0 radical (unpaired) electrons. The van der Waals surface area contributed by atoms with Gasteiger partial charge in [-0.2, -0.15) is 5.26 Å². The Kier molecular flexibility index (Phi) is 4.43. The predicted octanol–water partition coefficient (Wildman–Crippen LogP) is 4.51. The van der Waals surface area contributed by atoms with E-state index < -0.39 is 0 Å². The highest BCUT2D eigenvalue weighted by atomic mass is 79.9. The van der Waals surface area contributed by atoms with Gasteiger partial charge in [0.25, 0.3) is 0 Å². The van der Waals surface area contributed by atoms with Gasteiger partial charge in [-0.3, -0.25) is 0 Å². The fourth-order valence-electron chi connectivity index (χ4n) is 1.62. The van der Waals surface area contributed by atoms with E-state index in [1.165, 1.54) is 0 Å². The zero-order valence-electron chi connectivity index (χ0n) is 10.4. The minimum absolute atomic E-state index is 0.476. The molecule has 2 aromatic rings. The van der Waals surface area contributed by atoms with Gasteiger partial charge < -0.3 is 9.47 Å². The molecule has 0 N–H and O–H groups in total. The monoisotopic (exact) mass is 317 g/mol. The van der Waals surface area contributed by atoms with E-state index in [4.69, 9.17) is 14.7 Å². The van der Waals surface area contributed by atoms with Crippen LogP contribution in [-0.4, -0.2) is 6.61 Å². The van der Waals surface area contributed by atoms with Gasteiger partial charge >= 0.3 is 0 Å². The van der Waals surface area contributed by atoms with Crippen molar-refractivity contribution in [3.05, 3.63) is 52.5 Å². The van der Waals surface area contributed by atoms with Crippen LogP contribution in [0.25, 0.3) is 0 Å². The molecular weight excluding hydrogens is 306 g/mol. The molecule has 0 bridgehead atoms. The van der Waals surface area contributed by atoms with E-state index in [1.54, 1.807) is 12.1 Å². The largest absolute Gasteiger partial charge is 0.494 e. The van der Waals surface area contributed by atoms with Crippen LogP contribution in [-0.2, 0) is 0 Å². The normalized spacial score (nSPS) is 9.74. The summed E-state index contributed by atoms with van der Waals surface area (Å²) in [6.07, 6.45) is 0. The van der Waals surface area contributed by atoms with E-state index >= 15 is 0 Å². The highest BCUT2D eigenvalue weighted by molar-refractivity contribution is 9.10. The van der Waals surface area contributed by atoms with Crippen LogP contribution < -0.4 is 9.47 Å². The van der Waals surface area contributed by atoms with Crippen LogP contribution in [0.1, 0.15) is 12.5 Å². The molecule has 0 heterocycles. The second-order valence-corrected chi connectivity index (χ2v) is 4.59. The summed E-state index contributed by atoms with van der Waals surface area (Å²) in [4.78, 5) is 0. The first-order chi connectivity index (χ1) is 9.24. The lowest BCUT2D eigenvalue weighted by atomic mass is 10.2. The maximum Gasteiger partial charge on any atom is 0.146 e. The van der Waals surface area contributed by atoms with Gasteiger partial charge in [0.05, 0.1) is 6.61 Å². The maximum absolute atomic E-state index is 9.13. The third-order valence-electron chi connectivity index (χ3n) is 2.43. The molecule has 19 heavy (non-hydrogen) atoms. The van der Waals surface area contributed by atoms with Gasteiger partial charge in [0.2, 0.25) is 0 Å². The highest BCUT2D eigenvalue weighted by Gasteiger charge is 2.08. The van der Waals surface area contributed by atoms with Crippen molar-refractivity contribution in [3.8, 4) is 23.3 Å². The molecule has 0 saturated heterocycles. The van der Waals surface area contributed by atoms with Gasteiger partial charge in [-0.1, -0.05) is 12.1 Å². The summed E-state index contributed by atoms with van der Waals surface area (Å²) in [7, 11) is 0. The van der Waals surface area contributed by atoms with Gasteiger partial charge in [0, 0.05) is 10.5 Å². The van der Waals surface area contributed by atoms with Crippen molar-refractivity contribution >= 4 is 15.9 Å². The van der Waals surface area contributed by atoms with E-state index in [2.05, 4.69) is 22.0 Å². The molecule has 0 unspecified atom stereocenters. The Hall–Kier alpha value is -1.99. The third-order valence-corrected chi connectivity index (χ3v) is 3.09. The predicted molar refractivity (Wildman–Crippen MR) is 76.5 cm³/mol. The van der Waals surface area contributed by atoms with Crippen LogP contribution in [0, 0.1) is 11.3 Å². The van der Waals surface area contributed by atoms with Crippen molar-refractivity contribution in [2.45, 2.75) is 6.92 Å². The Morgan fingerprint density at radius 2 is 1.89 bits per heavy atom. The molecular formula is C15H12BrNO2. The number of nitrogens with zero attached hydrogens (tertiary/aromatic N) is 1. The molecule has 0 spiro atoms. The van der Waals surface area contributed by atoms with Gasteiger partial charge in [-0.05, 0) is 47.1 Å². The fraction of sp³-hybridized carbons (Fsp3) is 0.133. The second-order valence-electron chi connectivity index (χ2n) is 3.73. The van der Waals surface area contributed by atoms with E-state index in [0.29, 0.717) is 28.1 Å². The molecule has 0 aliphatic carbocycles. The molecule has 2 aromatic carbocycles. The average molecular weight is 318 g/mol. The van der Waals surface area contributed by atoms with E-state index in [0.717, 1.165) is 5.75 Å². The van der Waals surface area contributed by atoms with Crippen molar-refractivity contribution in [3.63, 3.8) is 0 Å². The number of halogens is 1. The molecule has 96 valence electrons. The Morgan fingerprint density at radius 3 is 2.63 bits per heavy atom. The summed E-state index contributed by atoms with van der Waals surface area (Å²) in [5.74, 6) is 1.90. The van der Waals surface area contributed by atoms with Crippen molar-refractivity contribution in [1.29, 1.82) is 5.26 Å². The summed E-state index contributed by atoms with van der Waals surface area (Å²) in [6, 6.07) is 14.9. The van der Waals surface area contributed by atoms with Crippen molar-refractivity contribution in [2.75, 3.05) is 6.61 Å². The summed E-state index contributed by atoms with van der Waals surface area (Å²) in [6.45, 7) is 2.53. The number of hydrogen-bond donors (Lipinski definition) is 0. The molecule has 0 aliphatic rings. The van der Waals surface area contributed by atoms with E-state index in [-0.39, 0.29) is 0 Å². The van der Waals surface area contributed by atoms with E-state index in [9.17, 15) is 0 Å². The van der Waals surface area contributed by atoms with Crippen LogP contribution in [0.4, 0.5) is 0 Å². The summed E-state index contributed by atoms with van der Waals surface area (Å²) >= 11 is 3.33. The van der Waals surface area contributed by atoms with Crippen LogP contribution in [0.15, 0.2) is 46.9 Å². The van der Waals surface area contributed by atoms with Crippen LogP contribution in [0.5, 0.6) is 17.2 Å². The molecule has 0 saturated carbocycles. The van der Waals surface area contributed by atoms with Crippen LogP contribution in [0.2, 0.25) is 0 Å². The molecule has 0 amide bonds. The number of hydrogen-bond acceptors (Lipinski definition) is 3. The average Bonchev–Trinajstić information content (AvgIpc) is 2.40. The minimum Gasteiger partial charge on any atom is -0.494 e. The fourth-order valence-corrected chi connectivity index (χ4v) is 2.06. The Labute approximate surface area is 120 Å². The zero-order valence-corrected chi connectivity index (χ0v) is 12.0. The Balaban J connectivity index is 2.29. The first kappa shape index (κ1) is 13.4. The van der Waals surface area contributed by atoms with Crippen molar-refractivity contribution < 1.29 is 9.47 Å². The first-order valence-electron chi connectivity index (χ1n) is 5.84. The second kappa shape index (κ2) is 6.26. The lowest BCUT2D eigenvalue weighted by molar-refractivity contribution is 0.338. The topological polar surface area (TPSA) is 42.2 Å². The highest BCUT2D eigenvalue weighted by Crippen LogP contribution is 2.31. The lowest BCUT2D eigenvalue weighted by Crippen LogP contribution is -1.93. The lowest BCUT2D eigenvalue weighted by Gasteiger charge is -2.10. The summed E-state index contributed by atoms with van der Waals surface area (Å²) in [5.41, 5.74) is 0.476. The van der Waals surface area contributed by atoms with Gasteiger partial charge in [-0.25, -0.2) is 0 Å². The van der Waals surface area contributed by atoms with Crippen LogP contribution in [0.3, 0.4) is 0 Å². The van der Waals surface area contributed by atoms with Gasteiger partial charge in [0.1, 0.15) is 28.9 Å². The SMILES string of the molecule is CCOc1cccc(Oc2cccc(Br)c2C#N)c1. The molecule has 0 aromatic heterocycles. The van der Waals surface area contributed by atoms with Crippen molar-refractivity contribution in [2.24, 2.45) is 0 Å². The standard InChI is InChI=1S/C15H12BrNO2/c1-2-18-11-5-3-6-12(9-11)19-15-8-4-7-14(16)13(15)10-17/h3-9H,2H2,1H3. The molecule has 0 fully saturated rings. The van der Waals surface area contributed by atoms with E-state index in [1.807, 2.05) is 37.3 Å². The minimum atomic E-state index is 0.476. The zero-order chi connectivity index (χ0) is 13.7. The smallest absolute Gasteiger partial charge is 0.146 e. The third kappa shape index (κ3) is 3.27. The number of rotatable bonds is 4. The molecule has 0 aliphatic heterocycles. The number of benzene rings is 2. The van der Waals surface area contributed by atoms with Crippen LogP contribution >= 0.6 is 15.9 Å². The molecule has 4 heteroatoms. The number of ether oxygens (including phenoxy) is 2. The summed E-state index contributed by atoms with van der Waals surface area (Å²) < 4.78 is 11.9. The first-order valence-corrected chi connectivity index (χ1v) is 6.63. The molecule has 0 atom stereocenters. The Bertz CT molecular complexity index is 620.